The predicted octanol–water partition coefficient (Wildman–Crippen LogP) is 2.78. The highest BCUT2D eigenvalue weighted by Crippen LogP contribution is 2.21. The van der Waals surface area contributed by atoms with Gasteiger partial charge in [-0.3, -0.25) is 14.4 Å². The minimum absolute atomic E-state index is 0.134. The van der Waals surface area contributed by atoms with Crippen LogP contribution in [-0.4, -0.2) is 52.2 Å². The van der Waals surface area contributed by atoms with Crippen LogP contribution < -0.4 is 0 Å². The van der Waals surface area contributed by atoms with Crippen molar-refractivity contribution in [1.29, 1.82) is 0 Å². The molecule has 0 bridgehead atoms. The topological polar surface area (TPSA) is 41.4 Å². The van der Waals surface area contributed by atoms with E-state index < -0.39 is 0 Å². The van der Waals surface area contributed by atoms with E-state index in [-0.39, 0.29) is 11.7 Å². The van der Waals surface area contributed by atoms with E-state index in [4.69, 9.17) is 0 Å². The molecule has 1 amide bonds. The molecular formula is C20H27FN4O. The number of aryl methyl sites for hydroxylation is 1. The second-order valence-electron chi connectivity index (χ2n) is 7.15. The van der Waals surface area contributed by atoms with Crippen LogP contribution in [0, 0.1) is 11.7 Å². The van der Waals surface area contributed by atoms with Crippen LogP contribution in [0.15, 0.2) is 42.7 Å². The summed E-state index contributed by atoms with van der Waals surface area (Å²) in [6.45, 7) is 3.34. The van der Waals surface area contributed by atoms with Gasteiger partial charge in [-0.1, -0.05) is 18.2 Å². The number of likely N-dealkylation sites (N-methyl/N-ethyl adjacent to an activating group) is 1. The highest BCUT2D eigenvalue weighted by molar-refractivity contribution is 5.78. The van der Waals surface area contributed by atoms with Crippen molar-refractivity contribution in [3.63, 3.8) is 0 Å². The maximum atomic E-state index is 13.7. The Bertz CT molecular complexity index is 696. The van der Waals surface area contributed by atoms with Gasteiger partial charge in [0.2, 0.25) is 5.91 Å². The molecule has 3 rings (SSSR count). The Labute approximate surface area is 154 Å². The van der Waals surface area contributed by atoms with E-state index in [1.807, 2.05) is 39.9 Å². The number of piperidine rings is 1. The quantitative estimate of drug-likeness (QED) is 0.764. The van der Waals surface area contributed by atoms with Gasteiger partial charge in [-0.2, -0.15) is 5.10 Å². The van der Waals surface area contributed by atoms with Gasteiger partial charge in [0.25, 0.3) is 0 Å². The zero-order valence-electron chi connectivity index (χ0n) is 15.4. The molecule has 1 aliphatic rings. The number of hydrogen-bond donors (Lipinski definition) is 0. The number of carbonyl (C=O) groups is 1. The average Bonchev–Trinajstić information content (AvgIpc) is 3.16. The first-order chi connectivity index (χ1) is 12.6. The molecule has 2 heterocycles. The third kappa shape index (κ3) is 5.14. The van der Waals surface area contributed by atoms with Gasteiger partial charge in [-0.25, -0.2) is 4.39 Å². The van der Waals surface area contributed by atoms with Crippen molar-refractivity contribution >= 4 is 5.91 Å². The third-order valence-electron chi connectivity index (χ3n) is 5.10. The van der Waals surface area contributed by atoms with Gasteiger partial charge >= 0.3 is 0 Å². The van der Waals surface area contributed by atoms with Crippen molar-refractivity contribution in [2.75, 3.05) is 26.7 Å². The van der Waals surface area contributed by atoms with E-state index in [1.165, 1.54) is 6.07 Å². The van der Waals surface area contributed by atoms with Crippen molar-refractivity contribution < 1.29 is 9.18 Å². The summed E-state index contributed by atoms with van der Waals surface area (Å²) in [6, 6.07) is 8.67. The average molecular weight is 358 g/mol. The molecule has 2 aromatic rings. The number of benzene rings is 1. The minimum Gasteiger partial charge on any atom is -0.342 e. The second-order valence-corrected chi connectivity index (χ2v) is 7.15. The molecule has 6 heteroatoms. The van der Waals surface area contributed by atoms with Gasteiger partial charge < -0.3 is 4.90 Å². The van der Waals surface area contributed by atoms with Crippen LogP contribution >= 0.6 is 0 Å². The van der Waals surface area contributed by atoms with Crippen molar-refractivity contribution in [1.82, 2.24) is 19.6 Å². The van der Waals surface area contributed by atoms with Crippen molar-refractivity contribution in [2.24, 2.45) is 5.92 Å². The monoisotopic (exact) mass is 358 g/mol. The molecule has 0 saturated carbocycles. The predicted molar refractivity (Wildman–Crippen MR) is 98.9 cm³/mol. The molecular weight excluding hydrogens is 331 g/mol. The first kappa shape index (κ1) is 18.6. The van der Waals surface area contributed by atoms with Gasteiger partial charge in [0.15, 0.2) is 0 Å². The van der Waals surface area contributed by atoms with Crippen LogP contribution in [0.1, 0.15) is 24.8 Å². The van der Waals surface area contributed by atoms with Gasteiger partial charge in [0.1, 0.15) is 5.82 Å². The number of carbonyl (C=O) groups excluding carboxylic acids is 1. The summed E-state index contributed by atoms with van der Waals surface area (Å²) in [5.41, 5.74) is 0.625. The molecule has 0 atom stereocenters. The molecule has 1 aromatic carbocycles. The summed E-state index contributed by atoms with van der Waals surface area (Å²) in [7, 11) is 1.86. The number of aromatic nitrogens is 2. The van der Waals surface area contributed by atoms with E-state index in [0.717, 1.165) is 38.9 Å². The second kappa shape index (κ2) is 8.94. The number of nitrogens with zero attached hydrogens (tertiary/aromatic N) is 4. The van der Waals surface area contributed by atoms with E-state index in [9.17, 15) is 9.18 Å². The molecule has 0 spiro atoms. The number of hydrogen-bond acceptors (Lipinski definition) is 3. The van der Waals surface area contributed by atoms with Gasteiger partial charge in [-0.15, -0.1) is 0 Å². The van der Waals surface area contributed by atoms with E-state index in [0.29, 0.717) is 24.6 Å². The minimum atomic E-state index is -0.218. The smallest absolute Gasteiger partial charge is 0.236 e. The lowest BCUT2D eigenvalue weighted by Gasteiger charge is -2.33. The fraction of sp³-hybridized carbons (Fsp3) is 0.500. The summed E-state index contributed by atoms with van der Waals surface area (Å²) >= 11 is 0. The Morgan fingerprint density at radius 3 is 2.73 bits per heavy atom. The molecule has 140 valence electrons. The van der Waals surface area contributed by atoms with Crippen LogP contribution in [0.3, 0.4) is 0 Å². The van der Waals surface area contributed by atoms with Gasteiger partial charge in [0.05, 0.1) is 6.54 Å². The standard InChI is InChI=1S/C20H27FN4O/c1-23(15-18-5-2-3-6-19(18)21)16-20(26)24-12-7-17(8-13-24)9-14-25-11-4-10-22-25/h2-6,10-11,17H,7-9,12-16H2,1H3. The Balaban J connectivity index is 1.39. The lowest BCUT2D eigenvalue weighted by molar-refractivity contribution is -0.133. The molecule has 1 aromatic heterocycles. The number of halogens is 1. The van der Waals surface area contributed by atoms with E-state index in [1.54, 1.807) is 18.3 Å². The molecule has 1 aliphatic heterocycles. The van der Waals surface area contributed by atoms with E-state index in [2.05, 4.69) is 5.10 Å². The zero-order valence-corrected chi connectivity index (χ0v) is 15.4. The van der Waals surface area contributed by atoms with Crippen molar-refractivity contribution in [3.8, 4) is 0 Å². The summed E-state index contributed by atoms with van der Waals surface area (Å²) in [5.74, 6) is 0.568. The third-order valence-corrected chi connectivity index (χ3v) is 5.10. The molecule has 1 saturated heterocycles. The molecule has 1 fully saturated rings. The Morgan fingerprint density at radius 1 is 1.27 bits per heavy atom. The van der Waals surface area contributed by atoms with Crippen LogP contribution in [0.2, 0.25) is 0 Å². The number of amides is 1. The molecule has 26 heavy (non-hydrogen) atoms. The first-order valence-electron chi connectivity index (χ1n) is 9.29. The van der Waals surface area contributed by atoms with E-state index >= 15 is 0 Å². The lowest BCUT2D eigenvalue weighted by Crippen LogP contribution is -2.43. The van der Waals surface area contributed by atoms with Crippen LogP contribution in [0.4, 0.5) is 4.39 Å². The summed E-state index contributed by atoms with van der Waals surface area (Å²) in [6.07, 6.45) is 6.99. The molecule has 0 unspecified atom stereocenters. The van der Waals surface area contributed by atoms with Crippen LogP contribution in [0.5, 0.6) is 0 Å². The lowest BCUT2D eigenvalue weighted by atomic mass is 9.93. The maximum Gasteiger partial charge on any atom is 0.236 e. The highest BCUT2D eigenvalue weighted by atomic mass is 19.1. The normalized spacial score (nSPS) is 15.6. The fourth-order valence-corrected chi connectivity index (χ4v) is 3.52. The maximum absolute atomic E-state index is 13.7. The van der Waals surface area contributed by atoms with Gasteiger partial charge in [-0.05, 0) is 44.4 Å². The summed E-state index contributed by atoms with van der Waals surface area (Å²) in [5, 5.41) is 4.24. The van der Waals surface area contributed by atoms with Crippen molar-refractivity contribution in [2.45, 2.75) is 32.4 Å². The van der Waals surface area contributed by atoms with Gasteiger partial charge in [0, 0.05) is 44.1 Å². The number of rotatable bonds is 7. The SMILES string of the molecule is CN(CC(=O)N1CCC(CCn2cccn2)CC1)Cc1ccccc1F. The largest absolute Gasteiger partial charge is 0.342 e. The van der Waals surface area contributed by atoms with Crippen LogP contribution in [0.25, 0.3) is 0 Å². The first-order valence-corrected chi connectivity index (χ1v) is 9.29. The van der Waals surface area contributed by atoms with Crippen molar-refractivity contribution in [3.05, 3.63) is 54.1 Å². The zero-order chi connectivity index (χ0) is 18.4. The Kier molecular flexibility index (Phi) is 6.39. The van der Waals surface area contributed by atoms with Crippen LogP contribution in [-0.2, 0) is 17.9 Å². The molecule has 0 radical (unpaired) electrons. The Morgan fingerprint density at radius 2 is 2.04 bits per heavy atom. The fourth-order valence-electron chi connectivity index (χ4n) is 3.52. The number of likely N-dealkylation sites (tertiary alicyclic amines) is 1. The summed E-state index contributed by atoms with van der Waals surface area (Å²) in [4.78, 5) is 16.3. The highest BCUT2D eigenvalue weighted by Gasteiger charge is 2.23. The molecule has 0 aliphatic carbocycles. The summed E-state index contributed by atoms with van der Waals surface area (Å²) < 4.78 is 15.7. The molecule has 0 N–H and O–H groups in total. The Hall–Kier alpha value is -2.21. The molecule has 5 nitrogen and oxygen atoms in total.